The van der Waals surface area contributed by atoms with E-state index in [2.05, 4.69) is 5.32 Å². The number of hydrogen-bond donors (Lipinski definition) is 2. The van der Waals surface area contributed by atoms with Gasteiger partial charge in [-0.3, -0.25) is 9.59 Å². The predicted octanol–water partition coefficient (Wildman–Crippen LogP) is 2.19. The molecule has 8 heteroatoms. The van der Waals surface area contributed by atoms with E-state index in [1.807, 2.05) is 36.6 Å². The Bertz CT molecular complexity index is 661. The molecule has 2 atom stereocenters. The lowest BCUT2D eigenvalue weighted by Gasteiger charge is -2.30. The Morgan fingerprint density at radius 3 is 2.32 bits per heavy atom. The molecule has 0 saturated heterocycles. The maximum atomic E-state index is 13.1. The van der Waals surface area contributed by atoms with Gasteiger partial charge in [-0.1, -0.05) is 30.3 Å². The molecule has 0 aliphatic carbocycles. The van der Waals surface area contributed by atoms with Crippen LogP contribution in [0.15, 0.2) is 30.3 Å². The Morgan fingerprint density at radius 2 is 1.82 bits per heavy atom. The summed E-state index contributed by atoms with van der Waals surface area (Å²) < 4.78 is 5.29. The van der Waals surface area contributed by atoms with Crippen molar-refractivity contribution in [3.8, 4) is 0 Å². The summed E-state index contributed by atoms with van der Waals surface area (Å²) in [6.07, 6.45) is 1.96. The van der Waals surface area contributed by atoms with Crippen LogP contribution >= 0.6 is 11.8 Å². The first-order chi connectivity index (χ1) is 13.0. The van der Waals surface area contributed by atoms with E-state index in [9.17, 15) is 14.4 Å². The third-order valence-corrected chi connectivity index (χ3v) is 4.65. The molecule has 0 saturated carbocycles. The molecule has 0 radical (unpaired) electrons. The van der Waals surface area contributed by atoms with Crippen LogP contribution in [0.3, 0.4) is 0 Å². The average molecular weight is 410 g/mol. The second-order valence-electron chi connectivity index (χ2n) is 7.54. The zero-order valence-corrected chi connectivity index (χ0v) is 18.0. The molecule has 3 N–H and O–H groups in total. The minimum absolute atomic E-state index is 0.275. The van der Waals surface area contributed by atoms with Crippen molar-refractivity contribution in [1.29, 1.82) is 0 Å². The summed E-state index contributed by atoms with van der Waals surface area (Å²) >= 11 is 1.57. The Morgan fingerprint density at radius 1 is 1.21 bits per heavy atom. The first-order valence-electron chi connectivity index (χ1n) is 9.13. The SMILES string of the molecule is CSCC[C@@H](C(N)=O)N(C)C(=O)[C@H](Cc1ccccc1)NC(=O)OC(C)(C)C. The van der Waals surface area contributed by atoms with Crippen LogP contribution in [0.4, 0.5) is 4.79 Å². The van der Waals surface area contributed by atoms with Gasteiger partial charge in [0.2, 0.25) is 11.8 Å². The number of benzene rings is 1. The first kappa shape index (κ1) is 23.8. The number of primary amides is 1. The summed E-state index contributed by atoms with van der Waals surface area (Å²) in [7, 11) is 1.53. The van der Waals surface area contributed by atoms with Gasteiger partial charge in [0.15, 0.2) is 0 Å². The van der Waals surface area contributed by atoms with Crippen LogP contribution < -0.4 is 11.1 Å². The van der Waals surface area contributed by atoms with Crippen molar-refractivity contribution in [3.05, 3.63) is 35.9 Å². The van der Waals surface area contributed by atoms with Gasteiger partial charge in [-0.2, -0.15) is 11.8 Å². The van der Waals surface area contributed by atoms with Gasteiger partial charge in [0.1, 0.15) is 17.7 Å². The highest BCUT2D eigenvalue weighted by Crippen LogP contribution is 2.13. The number of alkyl carbamates (subject to hydrolysis) is 1. The zero-order chi connectivity index (χ0) is 21.3. The molecule has 0 aliphatic heterocycles. The molecule has 1 aromatic rings. The largest absolute Gasteiger partial charge is 0.444 e. The van der Waals surface area contributed by atoms with Crippen molar-refractivity contribution in [3.63, 3.8) is 0 Å². The molecule has 3 amide bonds. The molecule has 0 unspecified atom stereocenters. The maximum Gasteiger partial charge on any atom is 0.408 e. The molecule has 7 nitrogen and oxygen atoms in total. The minimum atomic E-state index is -0.877. The molecule has 0 aliphatic rings. The van der Waals surface area contributed by atoms with Crippen LogP contribution in [0, 0.1) is 0 Å². The molecule has 1 aromatic carbocycles. The van der Waals surface area contributed by atoms with Crippen LogP contribution in [-0.4, -0.2) is 59.5 Å². The van der Waals surface area contributed by atoms with Crippen molar-refractivity contribution in [2.24, 2.45) is 5.73 Å². The summed E-state index contributed by atoms with van der Waals surface area (Å²) in [5.74, 6) is -0.270. The lowest BCUT2D eigenvalue weighted by molar-refractivity contribution is -0.139. The lowest BCUT2D eigenvalue weighted by atomic mass is 10.0. The van der Waals surface area contributed by atoms with E-state index in [0.717, 1.165) is 5.56 Å². The number of nitrogens with one attached hydrogen (secondary N) is 1. The summed E-state index contributed by atoms with van der Waals surface area (Å²) in [6.45, 7) is 5.24. The van der Waals surface area contributed by atoms with Gasteiger partial charge in [-0.25, -0.2) is 4.79 Å². The van der Waals surface area contributed by atoms with Crippen LogP contribution in [0.1, 0.15) is 32.8 Å². The number of hydrogen-bond acceptors (Lipinski definition) is 5. The van der Waals surface area contributed by atoms with Gasteiger partial charge in [0.05, 0.1) is 0 Å². The monoisotopic (exact) mass is 409 g/mol. The third kappa shape index (κ3) is 8.21. The molecule has 0 aromatic heterocycles. The Labute approximate surface area is 171 Å². The standard InChI is InChI=1S/C20H31N3O4S/c1-20(2,3)27-19(26)22-15(13-14-9-7-6-8-10-14)18(25)23(4)16(17(21)24)11-12-28-5/h6-10,15-16H,11-13H2,1-5H3,(H2,21,24)(H,22,26)/t15-,16-/m0/s1. The highest BCUT2D eigenvalue weighted by atomic mass is 32.2. The quantitative estimate of drug-likeness (QED) is 0.651. The van der Waals surface area contributed by atoms with Crippen molar-refractivity contribution in [2.45, 2.75) is 51.3 Å². The summed E-state index contributed by atoms with van der Waals surface area (Å²) in [6, 6.07) is 7.72. The highest BCUT2D eigenvalue weighted by molar-refractivity contribution is 7.98. The van der Waals surface area contributed by atoms with Crippen LogP contribution in [0.2, 0.25) is 0 Å². The van der Waals surface area contributed by atoms with Crippen LogP contribution in [0.5, 0.6) is 0 Å². The second-order valence-corrected chi connectivity index (χ2v) is 8.52. The fourth-order valence-corrected chi connectivity index (χ4v) is 3.11. The summed E-state index contributed by atoms with van der Waals surface area (Å²) in [4.78, 5) is 38.5. The number of likely N-dealkylation sites (N-methyl/N-ethyl adjacent to an activating group) is 1. The van der Waals surface area contributed by atoms with E-state index in [0.29, 0.717) is 12.2 Å². The fourth-order valence-electron chi connectivity index (χ4n) is 2.66. The average Bonchev–Trinajstić information content (AvgIpc) is 2.59. The van der Waals surface area contributed by atoms with Crippen molar-refractivity contribution in [2.75, 3.05) is 19.1 Å². The molecule has 28 heavy (non-hydrogen) atoms. The normalized spacial score (nSPS) is 13.3. The molecule has 156 valence electrons. The molecule has 0 fully saturated rings. The molecule has 0 bridgehead atoms. The highest BCUT2D eigenvalue weighted by Gasteiger charge is 2.32. The number of carbonyl (C=O) groups excluding carboxylic acids is 3. The van der Waals surface area contributed by atoms with E-state index in [1.54, 1.807) is 32.5 Å². The number of carbonyl (C=O) groups is 3. The van der Waals surface area contributed by atoms with Crippen molar-refractivity contribution < 1.29 is 19.1 Å². The maximum absolute atomic E-state index is 13.1. The van der Waals surface area contributed by atoms with Gasteiger partial charge < -0.3 is 20.7 Å². The van der Waals surface area contributed by atoms with E-state index >= 15 is 0 Å². The number of nitrogens with zero attached hydrogens (tertiary/aromatic N) is 1. The van der Waals surface area contributed by atoms with Gasteiger partial charge >= 0.3 is 6.09 Å². The van der Waals surface area contributed by atoms with Crippen molar-refractivity contribution in [1.82, 2.24) is 10.2 Å². The van der Waals surface area contributed by atoms with E-state index < -0.39 is 29.7 Å². The molecule has 1 rings (SSSR count). The topological polar surface area (TPSA) is 102 Å². The van der Waals surface area contributed by atoms with Crippen LogP contribution in [0.25, 0.3) is 0 Å². The number of rotatable bonds is 9. The van der Waals surface area contributed by atoms with Gasteiger partial charge in [0, 0.05) is 13.5 Å². The number of amides is 3. The molecular weight excluding hydrogens is 378 g/mol. The number of nitrogens with two attached hydrogens (primary N) is 1. The summed E-state index contributed by atoms with van der Waals surface area (Å²) in [5.41, 5.74) is 5.69. The summed E-state index contributed by atoms with van der Waals surface area (Å²) in [5, 5.41) is 2.64. The van der Waals surface area contributed by atoms with Crippen LogP contribution in [-0.2, 0) is 20.7 Å². The molecule has 0 spiro atoms. The first-order valence-corrected chi connectivity index (χ1v) is 10.5. The Balaban J connectivity index is 3.01. The zero-order valence-electron chi connectivity index (χ0n) is 17.2. The van der Waals surface area contributed by atoms with E-state index in [-0.39, 0.29) is 12.3 Å². The van der Waals surface area contributed by atoms with Gasteiger partial charge in [-0.05, 0) is 44.8 Å². The molecular formula is C20H31N3O4S. The number of ether oxygens (including phenoxy) is 1. The van der Waals surface area contributed by atoms with Gasteiger partial charge in [0.25, 0.3) is 0 Å². The Kier molecular flexibility index (Phi) is 9.31. The smallest absolute Gasteiger partial charge is 0.408 e. The number of thioether (sulfide) groups is 1. The molecule has 0 heterocycles. The predicted molar refractivity (Wildman–Crippen MR) is 112 cm³/mol. The van der Waals surface area contributed by atoms with E-state index in [1.165, 1.54) is 11.9 Å². The van der Waals surface area contributed by atoms with E-state index in [4.69, 9.17) is 10.5 Å². The van der Waals surface area contributed by atoms with Crippen molar-refractivity contribution >= 4 is 29.7 Å². The fraction of sp³-hybridized carbons (Fsp3) is 0.550. The third-order valence-electron chi connectivity index (χ3n) is 4.01. The second kappa shape index (κ2) is 10.9. The lowest BCUT2D eigenvalue weighted by Crippen LogP contribution is -2.55. The van der Waals surface area contributed by atoms with Gasteiger partial charge in [-0.15, -0.1) is 0 Å². The minimum Gasteiger partial charge on any atom is -0.444 e. The Hall–Kier alpha value is -2.22.